The Morgan fingerprint density at radius 1 is 1.13 bits per heavy atom. The summed E-state index contributed by atoms with van der Waals surface area (Å²) in [5.41, 5.74) is 6.99. The van der Waals surface area contributed by atoms with Gasteiger partial charge in [0, 0.05) is 19.9 Å². The van der Waals surface area contributed by atoms with Gasteiger partial charge in [-0.1, -0.05) is 54.2 Å². The molecule has 1 aliphatic heterocycles. The minimum Gasteiger partial charge on any atom is -0.489 e. The summed E-state index contributed by atoms with van der Waals surface area (Å²) in [5.74, 6) is 1.12. The van der Waals surface area contributed by atoms with Gasteiger partial charge in [0.25, 0.3) is 0 Å². The van der Waals surface area contributed by atoms with Gasteiger partial charge in [0.2, 0.25) is 11.8 Å². The number of hydrogen-bond acceptors (Lipinski definition) is 6. The second-order valence-corrected chi connectivity index (χ2v) is 8.12. The van der Waals surface area contributed by atoms with Crippen molar-refractivity contribution in [3.05, 3.63) is 66.0 Å². The van der Waals surface area contributed by atoms with Gasteiger partial charge in [-0.05, 0) is 17.7 Å². The van der Waals surface area contributed by atoms with Crippen LogP contribution in [0.3, 0.4) is 0 Å². The number of rotatable bonds is 7. The van der Waals surface area contributed by atoms with Crippen LogP contribution in [0.25, 0.3) is 0 Å². The van der Waals surface area contributed by atoms with Gasteiger partial charge < -0.3 is 15.0 Å². The Labute approximate surface area is 184 Å². The summed E-state index contributed by atoms with van der Waals surface area (Å²) in [6.45, 7) is 0.388. The fourth-order valence-corrected chi connectivity index (χ4v) is 4.33. The normalized spacial score (nSPS) is 15.3. The maximum Gasteiger partial charge on any atom is 0.238 e. The molecule has 1 aliphatic rings. The van der Waals surface area contributed by atoms with Crippen molar-refractivity contribution in [2.45, 2.75) is 24.0 Å². The number of nitrogens with zero attached hydrogens (tertiary/aromatic N) is 4. The van der Waals surface area contributed by atoms with Gasteiger partial charge in [-0.15, -0.1) is 10.2 Å². The lowest BCUT2D eigenvalue weighted by Gasteiger charge is -2.37. The molecule has 0 fully saturated rings. The van der Waals surface area contributed by atoms with Gasteiger partial charge in [0.1, 0.15) is 18.2 Å². The van der Waals surface area contributed by atoms with Crippen LogP contribution in [-0.2, 0) is 23.1 Å². The SMILES string of the molecule is Cn1c(CCC(N)=O)nnc1SCC(=O)N1c2ccccc2OC[C@H]1c1ccccc1. The van der Waals surface area contributed by atoms with E-state index in [2.05, 4.69) is 10.2 Å². The van der Waals surface area contributed by atoms with Crippen LogP contribution in [-0.4, -0.2) is 38.9 Å². The molecule has 3 aromatic rings. The van der Waals surface area contributed by atoms with E-state index in [1.807, 2.05) is 66.5 Å². The number of primary amides is 1. The van der Waals surface area contributed by atoms with E-state index < -0.39 is 0 Å². The van der Waals surface area contributed by atoms with Gasteiger partial charge in [-0.2, -0.15) is 0 Å². The number of para-hydroxylation sites is 2. The number of amides is 2. The number of ether oxygens (including phenoxy) is 1. The molecule has 2 aromatic carbocycles. The van der Waals surface area contributed by atoms with Crippen LogP contribution in [0.1, 0.15) is 23.9 Å². The molecule has 0 radical (unpaired) electrons. The predicted octanol–water partition coefficient (Wildman–Crippen LogP) is 2.49. The minimum absolute atomic E-state index is 0.0451. The first-order valence-electron chi connectivity index (χ1n) is 9.93. The van der Waals surface area contributed by atoms with Crippen molar-refractivity contribution in [3.63, 3.8) is 0 Å². The lowest BCUT2D eigenvalue weighted by Crippen LogP contribution is -2.42. The molecule has 4 rings (SSSR count). The van der Waals surface area contributed by atoms with E-state index in [0.717, 1.165) is 11.3 Å². The number of aromatic nitrogens is 3. The summed E-state index contributed by atoms with van der Waals surface area (Å²) in [6.07, 6.45) is 0.624. The van der Waals surface area contributed by atoms with E-state index in [1.54, 1.807) is 4.57 Å². The average molecular weight is 438 g/mol. The molecule has 0 spiro atoms. The van der Waals surface area contributed by atoms with E-state index in [9.17, 15) is 9.59 Å². The van der Waals surface area contributed by atoms with E-state index >= 15 is 0 Å². The molecule has 8 nitrogen and oxygen atoms in total. The van der Waals surface area contributed by atoms with Crippen molar-refractivity contribution in [2.75, 3.05) is 17.3 Å². The van der Waals surface area contributed by atoms with Gasteiger partial charge >= 0.3 is 0 Å². The van der Waals surface area contributed by atoms with Crippen molar-refractivity contribution in [1.82, 2.24) is 14.8 Å². The largest absolute Gasteiger partial charge is 0.489 e. The molecule has 0 saturated heterocycles. The molecule has 1 atom stereocenters. The second-order valence-electron chi connectivity index (χ2n) is 7.18. The second kappa shape index (κ2) is 9.22. The topological polar surface area (TPSA) is 103 Å². The van der Waals surface area contributed by atoms with Crippen LogP contribution in [0, 0.1) is 0 Å². The molecule has 2 N–H and O–H groups in total. The maximum atomic E-state index is 13.4. The average Bonchev–Trinajstić information content (AvgIpc) is 3.15. The molecular formula is C22H23N5O3S. The van der Waals surface area contributed by atoms with Crippen LogP contribution >= 0.6 is 11.8 Å². The maximum absolute atomic E-state index is 13.4. The van der Waals surface area contributed by atoms with Crippen molar-refractivity contribution in [2.24, 2.45) is 12.8 Å². The van der Waals surface area contributed by atoms with Crippen molar-refractivity contribution in [3.8, 4) is 5.75 Å². The van der Waals surface area contributed by atoms with E-state index in [4.69, 9.17) is 10.5 Å². The Hall–Kier alpha value is -3.33. The number of carbonyl (C=O) groups excluding carboxylic acids is 2. The van der Waals surface area contributed by atoms with Gasteiger partial charge in [-0.25, -0.2) is 0 Å². The Kier molecular flexibility index (Phi) is 6.22. The molecule has 0 unspecified atom stereocenters. The van der Waals surface area contributed by atoms with E-state index in [1.165, 1.54) is 11.8 Å². The molecule has 160 valence electrons. The minimum atomic E-state index is -0.384. The number of fused-ring (bicyclic) bond motifs is 1. The van der Waals surface area contributed by atoms with Crippen LogP contribution in [0.15, 0.2) is 59.8 Å². The van der Waals surface area contributed by atoms with Gasteiger partial charge in [-0.3, -0.25) is 14.5 Å². The third-order valence-corrected chi connectivity index (χ3v) is 6.14. The lowest BCUT2D eigenvalue weighted by molar-refractivity contribution is -0.118. The summed E-state index contributed by atoms with van der Waals surface area (Å²) in [4.78, 5) is 26.2. The predicted molar refractivity (Wildman–Crippen MR) is 118 cm³/mol. The molecule has 9 heteroatoms. The Bertz CT molecular complexity index is 1090. The summed E-state index contributed by atoms with van der Waals surface area (Å²) in [6, 6.07) is 17.2. The zero-order valence-corrected chi connectivity index (χ0v) is 17.9. The first-order chi connectivity index (χ1) is 15.0. The molecule has 2 heterocycles. The number of nitrogens with two attached hydrogens (primary N) is 1. The van der Waals surface area contributed by atoms with Crippen LogP contribution in [0.2, 0.25) is 0 Å². The molecule has 0 saturated carbocycles. The fraction of sp³-hybridized carbons (Fsp3) is 0.273. The third kappa shape index (κ3) is 4.56. The monoisotopic (exact) mass is 437 g/mol. The highest BCUT2D eigenvalue weighted by molar-refractivity contribution is 7.99. The number of anilines is 1. The Balaban J connectivity index is 1.53. The highest BCUT2D eigenvalue weighted by Gasteiger charge is 2.33. The summed E-state index contributed by atoms with van der Waals surface area (Å²) in [5, 5.41) is 8.89. The summed E-state index contributed by atoms with van der Waals surface area (Å²) in [7, 11) is 1.82. The summed E-state index contributed by atoms with van der Waals surface area (Å²) >= 11 is 1.32. The number of carbonyl (C=O) groups is 2. The highest BCUT2D eigenvalue weighted by atomic mass is 32.2. The fourth-order valence-electron chi connectivity index (χ4n) is 3.54. The van der Waals surface area contributed by atoms with Crippen molar-refractivity contribution < 1.29 is 14.3 Å². The number of benzene rings is 2. The quantitative estimate of drug-likeness (QED) is 0.570. The highest BCUT2D eigenvalue weighted by Crippen LogP contribution is 2.39. The summed E-state index contributed by atoms with van der Waals surface area (Å²) < 4.78 is 7.73. The van der Waals surface area contributed by atoms with E-state index in [0.29, 0.717) is 29.8 Å². The number of thioether (sulfide) groups is 1. The standard InChI is InChI=1S/C22H23N5O3S/c1-26-20(12-11-19(23)28)24-25-22(26)31-14-21(29)27-16-9-5-6-10-18(16)30-13-17(27)15-7-3-2-4-8-15/h2-10,17H,11-14H2,1H3,(H2,23,28)/t17-/m0/s1. The van der Waals surface area contributed by atoms with Gasteiger partial charge in [0.15, 0.2) is 5.16 Å². The molecule has 31 heavy (non-hydrogen) atoms. The zero-order chi connectivity index (χ0) is 21.8. The third-order valence-electron chi connectivity index (χ3n) is 5.13. The molecular weight excluding hydrogens is 414 g/mol. The number of hydrogen-bond donors (Lipinski definition) is 1. The Morgan fingerprint density at radius 3 is 2.65 bits per heavy atom. The van der Waals surface area contributed by atoms with Crippen molar-refractivity contribution >= 4 is 29.3 Å². The lowest BCUT2D eigenvalue weighted by atomic mass is 10.0. The Morgan fingerprint density at radius 2 is 1.87 bits per heavy atom. The van der Waals surface area contributed by atoms with Crippen molar-refractivity contribution in [1.29, 1.82) is 0 Å². The number of aryl methyl sites for hydroxylation is 1. The van der Waals surface area contributed by atoms with Gasteiger partial charge in [0.05, 0.1) is 17.5 Å². The zero-order valence-electron chi connectivity index (χ0n) is 17.1. The van der Waals surface area contributed by atoms with E-state index in [-0.39, 0.29) is 30.0 Å². The van der Waals surface area contributed by atoms with Crippen LogP contribution in [0.5, 0.6) is 5.75 Å². The molecule has 1 aromatic heterocycles. The first kappa shape index (κ1) is 20.9. The van der Waals surface area contributed by atoms with Crippen LogP contribution in [0.4, 0.5) is 5.69 Å². The smallest absolute Gasteiger partial charge is 0.238 e. The molecule has 0 bridgehead atoms. The molecule has 2 amide bonds. The first-order valence-corrected chi connectivity index (χ1v) is 10.9. The molecule has 0 aliphatic carbocycles. The van der Waals surface area contributed by atoms with Crippen LogP contribution < -0.4 is 15.4 Å².